The van der Waals surface area contributed by atoms with E-state index in [9.17, 15) is 9.59 Å². The van der Waals surface area contributed by atoms with E-state index in [1.54, 1.807) is 31.2 Å². The maximum absolute atomic E-state index is 12.2. The third kappa shape index (κ3) is 4.35. The summed E-state index contributed by atoms with van der Waals surface area (Å²) in [5, 5.41) is 1.26. The van der Waals surface area contributed by atoms with E-state index in [2.05, 4.69) is 11.3 Å². The molecule has 0 radical (unpaired) electrons. The summed E-state index contributed by atoms with van der Waals surface area (Å²) in [6, 6.07) is 18.5. The molecule has 0 aliphatic carbocycles. The second-order valence-electron chi connectivity index (χ2n) is 5.89. The maximum atomic E-state index is 12.2. The van der Waals surface area contributed by atoms with Gasteiger partial charge in [-0.25, -0.2) is 9.59 Å². The van der Waals surface area contributed by atoms with Crippen LogP contribution < -0.4 is 9.47 Å². The van der Waals surface area contributed by atoms with Crippen LogP contribution in [0.3, 0.4) is 0 Å². The topological polar surface area (TPSA) is 61.8 Å². The summed E-state index contributed by atoms with van der Waals surface area (Å²) >= 11 is 1.39. The van der Waals surface area contributed by atoms with E-state index in [1.807, 2.05) is 36.4 Å². The molecule has 0 aromatic heterocycles. The molecule has 0 amide bonds. The van der Waals surface area contributed by atoms with E-state index < -0.39 is 12.1 Å². The molecule has 6 heteroatoms. The van der Waals surface area contributed by atoms with Gasteiger partial charge in [-0.05, 0) is 25.1 Å². The normalized spacial score (nSPS) is 10.4. The van der Waals surface area contributed by atoms with Gasteiger partial charge >= 0.3 is 12.1 Å². The van der Waals surface area contributed by atoms with Gasteiger partial charge in [-0.2, -0.15) is 0 Å². The van der Waals surface area contributed by atoms with Crippen molar-refractivity contribution in [2.45, 2.75) is 16.7 Å². The predicted octanol–water partition coefficient (Wildman–Crippen LogP) is 5.62. The Morgan fingerprint density at radius 2 is 1.57 bits per heavy atom. The summed E-state index contributed by atoms with van der Waals surface area (Å²) in [6.45, 7) is 5.23. The van der Waals surface area contributed by atoms with E-state index in [0.29, 0.717) is 27.2 Å². The zero-order chi connectivity index (χ0) is 20.1. The van der Waals surface area contributed by atoms with Crippen LogP contribution in [0.25, 0.3) is 10.8 Å². The first kappa shape index (κ1) is 19.5. The fourth-order valence-electron chi connectivity index (χ4n) is 2.48. The minimum atomic E-state index is -0.826. The van der Waals surface area contributed by atoms with Crippen LogP contribution in [0.2, 0.25) is 0 Å². The lowest BCUT2D eigenvalue weighted by Crippen LogP contribution is -2.11. The number of hydrogen-bond acceptors (Lipinski definition) is 6. The number of rotatable bonds is 5. The molecule has 0 N–H and O–H groups in total. The molecule has 0 bridgehead atoms. The fraction of sp³-hybridized carbons (Fsp3) is 0.0909. The Labute approximate surface area is 166 Å². The molecule has 5 nitrogen and oxygen atoms in total. The third-order valence-corrected chi connectivity index (χ3v) is 4.83. The number of carbonyl (C=O) groups excluding carboxylic acids is 2. The highest BCUT2D eigenvalue weighted by Crippen LogP contribution is 2.44. The van der Waals surface area contributed by atoms with Gasteiger partial charge in [0.05, 0.1) is 12.0 Å². The number of esters is 1. The van der Waals surface area contributed by atoms with Crippen LogP contribution in [0.5, 0.6) is 11.5 Å². The fourth-order valence-corrected chi connectivity index (χ4v) is 3.44. The highest BCUT2D eigenvalue weighted by Gasteiger charge is 2.20. The van der Waals surface area contributed by atoms with Gasteiger partial charge in [-0.1, -0.05) is 60.8 Å². The number of carbonyl (C=O) groups is 2. The number of hydrogen-bond donors (Lipinski definition) is 0. The number of benzene rings is 3. The van der Waals surface area contributed by atoms with Crippen LogP contribution >= 0.6 is 11.8 Å². The van der Waals surface area contributed by atoms with Crippen LogP contribution in [-0.4, -0.2) is 19.2 Å². The second kappa shape index (κ2) is 8.63. The zero-order valence-electron chi connectivity index (χ0n) is 15.4. The van der Waals surface area contributed by atoms with Crippen molar-refractivity contribution in [2.75, 3.05) is 7.11 Å². The molecule has 3 rings (SSSR count). The largest absolute Gasteiger partial charge is 0.513 e. The van der Waals surface area contributed by atoms with Crippen molar-refractivity contribution in [2.24, 2.45) is 0 Å². The summed E-state index contributed by atoms with van der Waals surface area (Å²) in [7, 11) is 1.24. The number of methoxy groups -OCH3 is 1. The second-order valence-corrected chi connectivity index (χ2v) is 7.00. The first-order valence-corrected chi connectivity index (χ1v) is 9.23. The molecule has 0 saturated carbocycles. The van der Waals surface area contributed by atoms with Gasteiger partial charge in [0.1, 0.15) is 5.75 Å². The molecule has 0 saturated heterocycles. The first-order chi connectivity index (χ1) is 13.5. The number of fused-ring (bicyclic) bond motifs is 1. The van der Waals surface area contributed by atoms with Crippen LogP contribution in [0.1, 0.15) is 6.92 Å². The minimum Gasteiger partial charge on any atom is -0.437 e. The lowest BCUT2D eigenvalue weighted by molar-refractivity contribution is -0.130. The molecule has 142 valence electrons. The van der Waals surface area contributed by atoms with Crippen molar-refractivity contribution in [1.29, 1.82) is 0 Å². The van der Waals surface area contributed by atoms with Gasteiger partial charge in [0.15, 0.2) is 5.75 Å². The summed E-state index contributed by atoms with van der Waals surface area (Å²) in [5.41, 5.74) is 0.287. The monoisotopic (exact) mass is 394 g/mol. The van der Waals surface area contributed by atoms with Crippen molar-refractivity contribution in [3.63, 3.8) is 0 Å². The molecule has 28 heavy (non-hydrogen) atoms. The summed E-state index contributed by atoms with van der Waals surface area (Å²) in [4.78, 5) is 25.5. The summed E-state index contributed by atoms with van der Waals surface area (Å²) in [5.74, 6) is 0.173. The molecule has 0 aliphatic heterocycles. The van der Waals surface area contributed by atoms with Crippen LogP contribution in [0, 0.1) is 0 Å². The smallest absolute Gasteiger partial charge is 0.437 e. The average molecular weight is 394 g/mol. The van der Waals surface area contributed by atoms with Gasteiger partial charge in [0.2, 0.25) is 0 Å². The van der Waals surface area contributed by atoms with Crippen LogP contribution in [-0.2, 0) is 9.53 Å². The molecule has 0 heterocycles. The lowest BCUT2D eigenvalue weighted by atomic mass is 10.1. The summed E-state index contributed by atoms with van der Waals surface area (Å²) < 4.78 is 15.6. The molecule has 0 unspecified atom stereocenters. The van der Waals surface area contributed by atoms with E-state index in [0.717, 1.165) is 4.90 Å². The molecule has 0 spiro atoms. The Morgan fingerprint density at radius 3 is 2.21 bits per heavy atom. The van der Waals surface area contributed by atoms with Gasteiger partial charge in [-0.15, -0.1) is 0 Å². The molecule has 0 aliphatic rings. The molecule has 3 aromatic carbocycles. The molecule has 0 atom stereocenters. The predicted molar refractivity (Wildman–Crippen MR) is 108 cm³/mol. The van der Waals surface area contributed by atoms with Crippen molar-refractivity contribution in [3.8, 4) is 11.5 Å². The maximum Gasteiger partial charge on any atom is 0.513 e. The highest BCUT2D eigenvalue weighted by molar-refractivity contribution is 7.99. The van der Waals surface area contributed by atoms with E-state index >= 15 is 0 Å². The molecule has 3 aromatic rings. The Kier molecular flexibility index (Phi) is 6.01. The van der Waals surface area contributed by atoms with Crippen LogP contribution in [0.4, 0.5) is 4.79 Å². The van der Waals surface area contributed by atoms with Gasteiger partial charge < -0.3 is 14.2 Å². The van der Waals surface area contributed by atoms with Crippen molar-refractivity contribution in [1.82, 2.24) is 0 Å². The molecular formula is C22H18O5S. The molecular weight excluding hydrogens is 376 g/mol. The Morgan fingerprint density at radius 1 is 0.929 bits per heavy atom. The standard InChI is InChI=1S/C22H18O5S/c1-14(2)21(23)27-20-17-12-8-7-11-16(17)18(26-22(24)25-3)13-19(20)28-15-9-5-4-6-10-15/h4-13H,1H2,2-3H3. The summed E-state index contributed by atoms with van der Waals surface area (Å²) in [6.07, 6.45) is -0.826. The molecule has 0 fully saturated rings. The van der Waals surface area contributed by atoms with Crippen molar-refractivity contribution in [3.05, 3.63) is 72.8 Å². The quantitative estimate of drug-likeness (QED) is 0.242. The Bertz CT molecular complexity index is 1040. The first-order valence-electron chi connectivity index (χ1n) is 8.41. The SMILES string of the molecule is C=C(C)C(=O)Oc1c(Sc2ccccc2)cc(OC(=O)OC)c2ccccc12. The van der Waals surface area contributed by atoms with Crippen molar-refractivity contribution >= 4 is 34.7 Å². The third-order valence-electron chi connectivity index (χ3n) is 3.80. The Balaban J connectivity index is 2.19. The van der Waals surface area contributed by atoms with Crippen molar-refractivity contribution < 1.29 is 23.8 Å². The number of ether oxygens (including phenoxy) is 3. The zero-order valence-corrected chi connectivity index (χ0v) is 16.2. The highest BCUT2D eigenvalue weighted by atomic mass is 32.2. The van der Waals surface area contributed by atoms with Gasteiger partial charge in [0.25, 0.3) is 0 Å². The van der Waals surface area contributed by atoms with E-state index in [4.69, 9.17) is 9.47 Å². The van der Waals surface area contributed by atoms with Gasteiger partial charge in [-0.3, -0.25) is 0 Å². The Hall–Kier alpha value is -3.25. The van der Waals surface area contributed by atoms with E-state index in [1.165, 1.54) is 18.9 Å². The van der Waals surface area contributed by atoms with Crippen LogP contribution in [0.15, 0.2) is 82.6 Å². The van der Waals surface area contributed by atoms with Gasteiger partial charge in [0, 0.05) is 21.2 Å². The minimum absolute atomic E-state index is 0.287. The lowest BCUT2D eigenvalue weighted by Gasteiger charge is -2.16. The van der Waals surface area contributed by atoms with E-state index in [-0.39, 0.29) is 5.57 Å². The average Bonchev–Trinajstić information content (AvgIpc) is 2.71.